The highest BCUT2D eigenvalue weighted by atomic mass is 16.5. The van der Waals surface area contributed by atoms with Gasteiger partial charge >= 0.3 is 0 Å². The summed E-state index contributed by atoms with van der Waals surface area (Å²) in [6, 6.07) is 12.1. The highest BCUT2D eigenvalue weighted by molar-refractivity contribution is 6.22. The Bertz CT molecular complexity index is 914. The quantitative estimate of drug-likeness (QED) is 0.201. The first-order chi connectivity index (χ1) is 12.5. The fourth-order valence-electron chi connectivity index (χ4n) is 2.25. The van der Waals surface area contributed by atoms with Crippen LogP contribution in [0.5, 0.6) is 5.75 Å². The first-order valence-electron chi connectivity index (χ1n) is 7.76. The van der Waals surface area contributed by atoms with Gasteiger partial charge in [0.05, 0.1) is 12.7 Å². The Morgan fingerprint density at radius 1 is 1.19 bits per heavy atom. The Labute approximate surface area is 152 Å². The summed E-state index contributed by atoms with van der Waals surface area (Å²) in [5.74, 6) is 2.12. The van der Waals surface area contributed by atoms with E-state index in [1.54, 1.807) is 60.3 Å². The van der Waals surface area contributed by atoms with Crippen LogP contribution in [0.1, 0.15) is 10.4 Å². The Hall–Kier alpha value is -3.68. The molecule has 0 aliphatic heterocycles. The van der Waals surface area contributed by atoms with Gasteiger partial charge in [0.15, 0.2) is 12.4 Å². The highest BCUT2D eigenvalue weighted by Crippen LogP contribution is 2.16. The first-order valence-corrected chi connectivity index (χ1v) is 7.76. The van der Waals surface area contributed by atoms with Crippen molar-refractivity contribution in [3.63, 3.8) is 0 Å². The van der Waals surface area contributed by atoms with Gasteiger partial charge in [0.2, 0.25) is 0 Å². The number of ketones is 1. The molecule has 0 fully saturated rings. The zero-order valence-electron chi connectivity index (χ0n) is 14.8. The molecule has 130 valence electrons. The SMILES string of the molecule is COc1ccc(C(=O)/C(=C/C(=C=[N-])C#N)[n+]2ccc(N(C)C)cc2)cc1. The third kappa shape index (κ3) is 4.23. The van der Waals surface area contributed by atoms with Gasteiger partial charge in [0.1, 0.15) is 11.8 Å². The number of hydrogen-bond donors (Lipinski definition) is 0. The van der Waals surface area contributed by atoms with E-state index in [0.717, 1.165) is 5.69 Å². The fourth-order valence-corrected chi connectivity index (χ4v) is 2.25. The Morgan fingerprint density at radius 2 is 1.81 bits per heavy atom. The average Bonchev–Trinajstić information content (AvgIpc) is 2.68. The summed E-state index contributed by atoms with van der Waals surface area (Å²) in [6.07, 6.45) is 4.73. The number of carbonyl (C=O) groups is 1. The predicted molar refractivity (Wildman–Crippen MR) is 100 cm³/mol. The molecular weight excluding hydrogens is 328 g/mol. The summed E-state index contributed by atoms with van der Waals surface area (Å²) in [6.45, 7) is 0. The second-order valence-corrected chi connectivity index (χ2v) is 5.58. The van der Waals surface area contributed by atoms with Gasteiger partial charge in [-0.25, -0.2) is 0 Å². The maximum Gasteiger partial charge on any atom is 0.260 e. The van der Waals surface area contributed by atoms with Crippen molar-refractivity contribution in [2.45, 2.75) is 0 Å². The number of ether oxygens (including phenoxy) is 1. The number of pyridine rings is 1. The second kappa shape index (κ2) is 8.43. The third-order valence-corrected chi connectivity index (χ3v) is 3.71. The molecule has 1 aromatic heterocycles. The van der Waals surface area contributed by atoms with Gasteiger partial charge in [-0.05, 0) is 24.3 Å². The average molecular weight is 346 g/mol. The van der Waals surface area contributed by atoms with Crippen molar-refractivity contribution in [2.24, 2.45) is 0 Å². The molecule has 0 saturated heterocycles. The van der Waals surface area contributed by atoms with Crippen LogP contribution in [-0.2, 0) is 0 Å². The standard InChI is InChI=1S/C20H18N4O2/c1-23(2)17-8-10-24(11-9-17)19(12-15(13-21)14-22)20(25)16-4-6-18(26-3)7-5-16/h4-12H,1-3H3/b19-12-. The lowest BCUT2D eigenvalue weighted by Gasteiger charge is -2.10. The van der Waals surface area contributed by atoms with Crippen LogP contribution in [-0.4, -0.2) is 32.9 Å². The molecule has 0 aliphatic carbocycles. The van der Waals surface area contributed by atoms with Crippen molar-refractivity contribution in [3.8, 4) is 11.8 Å². The van der Waals surface area contributed by atoms with E-state index in [0.29, 0.717) is 11.3 Å². The Kier molecular flexibility index (Phi) is 6.05. The lowest BCUT2D eigenvalue weighted by atomic mass is 10.1. The zero-order valence-corrected chi connectivity index (χ0v) is 14.8. The predicted octanol–water partition coefficient (Wildman–Crippen LogP) is 2.46. The zero-order chi connectivity index (χ0) is 19.1. The number of carbonyl (C=O) groups excluding carboxylic acids is 1. The van der Waals surface area contributed by atoms with E-state index in [2.05, 4.69) is 0 Å². The summed E-state index contributed by atoms with van der Waals surface area (Å²) in [4.78, 5) is 14.9. The lowest BCUT2D eigenvalue weighted by Crippen LogP contribution is -2.36. The van der Waals surface area contributed by atoms with E-state index in [1.807, 2.05) is 31.1 Å². The molecule has 0 aliphatic rings. The van der Waals surface area contributed by atoms with Crippen LogP contribution in [0.3, 0.4) is 0 Å². The number of aromatic nitrogens is 1. The Morgan fingerprint density at radius 3 is 2.27 bits per heavy atom. The molecule has 6 nitrogen and oxygen atoms in total. The van der Waals surface area contributed by atoms with Crippen molar-refractivity contribution in [1.82, 2.24) is 0 Å². The monoisotopic (exact) mass is 346 g/mol. The Balaban J connectivity index is 2.51. The molecule has 1 heterocycles. The van der Waals surface area contributed by atoms with Crippen molar-refractivity contribution >= 4 is 23.0 Å². The molecule has 2 aromatic rings. The summed E-state index contributed by atoms with van der Waals surface area (Å²) in [5, 5.41) is 18.1. The number of Topliss-reactive ketones (excluding diaryl/α,β-unsaturated/α-hetero) is 1. The fraction of sp³-hybridized carbons (Fsp3) is 0.150. The number of methoxy groups -OCH3 is 1. The number of nitrogens with zero attached hydrogens (tertiary/aromatic N) is 4. The van der Waals surface area contributed by atoms with Crippen LogP contribution < -0.4 is 14.2 Å². The van der Waals surface area contributed by atoms with Crippen LogP contribution in [0.2, 0.25) is 0 Å². The van der Waals surface area contributed by atoms with E-state index in [9.17, 15) is 4.79 Å². The van der Waals surface area contributed by atoms with E-state index >= 15 is 0 Å². The van der Waals surface area contributed by atoms with Crippen LogP contribution in [0, 0.1) is 11.3 Å². The van der Waals surface area contributed by atoms with E-state index in [4.69, 9.17) is 15.4 Å². The van der Waals surface area contributed by atoms with E-state index in [1.165, 1.54) is 6.08 Å². The normalized spacial score (nSPS) is 10.5. The largest absolute Gasteiger partial charge is 0.762 e. The first kappa shape index (κ1) is 18.7. The number of hydrogen-bond acceptors (Lipinski definition) is 4. The maximum absolute atomic E-state index is 13.0. The minimum absolute atomic E-state index is 0.147. The molecular formula is C20H18N4O2. The number of rotatable bonds is 6. The van der Waals surface area contributed by atoms with Crippen LogP contribution >= 0.6 is 0 Å². The minimum Gasteiger partial charge on any atom is -0.762 e. The molecule has 6 heteroatoms. The van der Waals surface area contributed by atoms with Crippen LogP contribution in [0.4, 0.5) is 5.69 Å². The summed E-state index contributed by atoms with van der Waals surface area (Å²) >= 11 is 0. The molecule has 0 radical (unpaired) electrons. The van der Waals surface area contributed by atoms with Gasteiger partial charge in [-0.2, -0.15) is 9.83 Å². The summed E-state index contributed by atoms with van der Waals surface area (Å²) in [7, 11) is 5.37. The van der Waals surface area contributed by atoms with Gasteiger partial charge in [-0.15, -0.1) is 0 Å². The van der Waals surface area contributed by atoms with Crippen molar-refractivity contribution in [2.75, 3.05) is 26.1 Å². The van der Waals surface area contributed by atoms with Gasteiger partial charge in [0.25, 0.3) is 11.5 Å². The molecule has 1 aromatic carbocycles. The molecule has 0 saturated carbocycles. The number of allylic oxidation sites excluding steroid dienone is 3. The van der Waals surface area contributed by atoms with E-state index in [-0.39, 0.29) is 17.1 Å². The molecule has 2 rings (SSSR count). The van der Waals surface area contributed by atoms with E-state index < -0.39 is 0 Å². The molecule has 0 amide bonds. The lowest BCUT2D eigenvalue weighted by molar-refractivity contribution is -0.576. The summed E-state index contributed by atoms with van der Waals surface area (Å²) < 4.78 is 6.69. The number of anilines is 1. The van der Waals surface area contributed by atoms with Gasteiger partial charge in [0, 0.05) is 43.6 Å². The minimum atomic E-state index is -0.307. The summed E-state index contributed by atoms with van der Waals surface area (Å²) in [5.41, 5.74) is 1.45. The molecule has 0 unspecified atom stereocenters. The molecule has 26 heavy (non-hydrogen) atoms. The topological polar surface area (TPSA) is 79.5 Å². The maximum atomic E-state index is 13.0. The van der Waals surface area contributed by atoms with Gasteiger partial charge < -0.3 is 15.0 Å². The highest BCUT2D eigenvalue weighted by Gasteiger charge is 2.22. The third-order valence-electron chi connectivity index (χ3n) is 3.71. The van der Waals surface area contributed by atoms with Crippen molar-refractivity contribution in [3.05, 3.63) is 71.4 Å². The van der Waals surface area contributed by atoms with Crippen LogP contribution in [0.25, 0.3) is 11.1 Å². The number of nitriles is 1. The van der Waals surface area contributed by atoms with Gasteiger partial charge in [-0.1, -0.05) is 0 Å². The van der Waals surface area contributed by atoms with Crippen molar-refractivity contribution in [1.29, 1.82) is 5.26 Å². The smallest absolute Gasteiger partial charge is 0.260 e. The number of benzene rings is 1. The van der Waals surface area contributed by atoms with Crippen LogP contribution in [0.15, 0.2) is 60.4 Å². The van der Waals surface area contributed by atoms with Crippen molar-refractivity contribution < 1.29 is 14.1 Å². The molecule has 0 N–H and O–H groups in total. The molecule has 0 bridgehead atoms. The van der Waals surface area contributed by atoms with Gasteiger partial charge in [-0.3, -0.25) is 10.7 Å². The second-order valence-electron chi connectivity index (χ2n) is 5.58. The molecule has 0 spiro atoms. The molecule has 0 atom stereocenters.